The molecule has 0 aliphatic carbocycles. The van der Waals surface area contributed by atoms with Crippen molar-refractivity contribution in [3.8, 4) is 11.8 Å². The van der Waals surface area contributed by atoms with Gasteiger partial charge in [0.25, 0.3) is 0 Å². The van der Waals surface area contributed by atoms with Crippen LogP contribution in [0, 0.1) is 35.0 Å². The van der Waals surface area contributed by atoms with E-state index in [9.17, 15) is 14.4 Å². The average molecular weight is 558 g/mol. The number of carbonyl (C=O) groups is 3. The van der Waals surface area contributed by atoms with Crippen molar-refractivity contribution in [1.82, 2.24) is 0 Å². The van der Waals surface area contributed by atoms with Crippen LogP contribution < -0.4 is 0 Å². The number of aliphatic hydroxyl groups is 1. The Morgan fingerprint density at radius 2 is 1.51 bits per heavy atom. The molecule has 2 aromatic carbocycles. The minimum Gasteiger partial charge on any atom is -0.396 e. The van der Waals surface area contributed by atoms with Crippen molar-refractivity contribution in [2.45, 2.75) is 71.6 Å². The number of carbonyl (C=O) groups excluding carboxylic acids is 3. The van der Waals surface area contributed by atoms with E-state index in [1.54, 1.807) is 31.2 Å². The highest BCUT2D eigenvalue weighted by Gasteiger charge is 2.29. The van der Waals surface area contributed by atoms with Gasteiger partial charge in [0.1, 0.15) is 11.6 Å². The third kappa shape index (κ3) is 10.5. The van der Waals surface area contributed by atoms with Gasteiger partial charge >= 0.3 is 0 Å². The van der Waals surface area contributed by atoms with E-state index in [1.165, 1.54) is 0 Å². The standard InChI is InChI=1S/C35H43NO5/c1-3-4-33(38)32(34(39)17-20-37)23-25(2)35(40)30-14-11-27(12-15-30)6-5-26-7-9-29(10-8-26)24-31(36)16-13-28-18-21-41-22-19-28/h7-12,14-15,25,28,32,36-37H,3-4,13,16-24H2,1-2H3. The Balaban J connectivity index is 1.53. The second-order valence-corrected chi connectivity index (χ2v) is 11.1. The SMILES string of the molecule is CCCC(=O)C(CC(C)C(=O)c1ccc(C#Cc2ccc(CC(=N)CCC3CCOCC3)cc2)cc1)C(=O)CCO. The van der Waals surface area contributed by atoms with Gasteiger partial charge in [-0.1, -0.05) is 50.0 Å². The van der Waals surface area contributed by atoms with Crippen molar-refractivity contribution >= 4 is 23.1 Å². The van der Waals surface area contributed by atoms with Gasteiger partial charge < -0.3 is 15.3 Å². The van der Waals surface area contributed by atoms with Crippen molar-refractivity contribution in [2.75, 3.05) is 19.8 Å². The van der Waals surface area contributed by atoms with Gasteiger partial charge in [-0.3, -0.25) is 14.4 Å². The minimum absolute atomic E-state index is 0.0717. The predicted molar refractivity (Wildman–Crippen MR) is 161 cm³/mol. The van der Waals surface area contributed by atoms with Gasteiger partial charge in [-0.25, -0.2) is 0 Å². The molecule has 0 aromatic heterocycles. The summed E-state index contributed by atoms with van der Waals surface area (Å²) in [7, 11) is 0. The molecule has 2 unspecified atom stereocenters. The third-order valence-electron chi connectivity index (χ3n) is 7.76. The van der Waals surface area contributed by atoms with Gasteiger partial charge in [0.2, 0.25) is 0 Å². The zero-order valence-electron chi connectivity index (χ0n) is 24.4. The number of hydrogen-bond donors (Lipinski definition) is 2. The molecule has 1 aliphatic heterocycles. The Morgan fingerprint density at radius 1 is 0.927 bits per heavy atom. The van der Waals surface area contributed by atoms with E-state index in [0.717, 1.165) is 61.3 Å². The summed E-state index contributed by atoms with van der Waals surface area (Å²) in [5.74, 6) is 5.05. The van der Waals surface area contributed by atoms with Crippen LogP contribution in [0.1, 0.15) is 92.3 Å². The number of rotatable bonds is 15. The molecule has 1 saturated heterocycles. The molecule has 2 N–H and O–H groups in total. The maximum Gasteiger partial charge on any atom is 0.165 e. The van der Waals surface area contributed by atoms with Gasteiger partial charge in [0, 0.05) is 67.4 Å². The van der Waals surface area contributed by atoms with Crippen LogP contribution >= 0.6 is 0 Å². The van der Waals surface area contributed by atoms with E-state index in [1.807, 2.05) is 31.2 Å². The first kappa shape index (κ1) is 32.1. The first-order valence-corrected chi connectivity index (χ1v) is 14.9. The number of benzene rings is 2. The molecule has 2 aromatic rings. The lowest BCUT2D eigenvalue weighted by molar-refractivity contribution is -0.133. The Labute approximate surface area is 244 Å². The van der Waals surface area contributed by atoms with Crippen molar-refractivity contribution in [2.24, 2.45) is 17.8 Å². The first-order valence-electron chi connectivity index (χ1n) is 14.9. The summed E-state index contributed by atoms with van der Waals surface area (Å²) in [5.41, 5.74) is 4.05. The van der Waals surface area contributed by atoms with Crippen LogP contribution in [0.4, 0.5) is 0 Å². The molecule has 1 heterocycles. The molecule has 1 aliphatic rings. The minimum atomic E-state index is -0.847. The summed E-state index contributed by atoms with van der Waals surface area (Å²) in [6, 6.07) is 15.1. The Morgan fingerprint density at radius 3 is 2.10 bits per heavy atom. The molecule has 218 valence electrons. The van der Waals surface area contributed by atoms with Crippen LogP contribution in [0.15, 0.2) is 48.5 Å². The van der Waals surface area contributed by atoms with Crippen molar-refractivity contribution < 1.29 is 24.2 Å². The van der Waals surface area contributed by atoms with E-state index < -0.39 is 11.8 Å². The topological polar surface area (TPSA) is 105 Å². The number of aliphatic hydroxyl groups excluding tert-OH is 1. The fourth-order valence-corrected chi connectivity index (χ4v) is 5.21. The number of Topliss-reactive ketones (excluding diaryl/α,β-unsaturated/α-hetero) is 3. The van der Waals surface area contributed by atoms with Gasteiger partial charge in [0.15, 0.2) is 5.78 Å². The lowest BCUT2D eigenvalue weighted by Gasteiger charge is -2.21. The largest absolute Gasteiger partial charge is 0.396 e. The maximum absolute atomic E-state index is 13.0. The zero-order valence-corrected chi connectivity index (χ0v) is 24.4. The fourth-order valence-electron chi connectivity index (χ4n) is 5.21. The van der Waals surface area contributed by atoms with Crippen molar-refractivity contribution in [1.29, 1.82) is 5.41 Å². The zero-order chi connectivity index (χ0) is 29.6. The van der Waals surface area contributed by atoms with Crippen LogP contribution in [0.2, 0.25) is 0 Å². The van der Waals surface area contributed by atoms with E-state index >= 15 is 0 Å². The van der Waals surface area contributed by atoms with Gasteiger partial charge in [-0.05, 0) is 74.3 Å². The summed E-state index contributed by atoms with van der Waals surface area (Å²) in [4.78, 5) is 37.9. The van der Waals surface area contributed by atoms with Crippen LogP contribution in [-0.4, -0.2) is 48.0 Å². The number of hydrogen-bond acceptors (Lipinski definition) is 6. The summed E-state index contributed by atoms with van der Waals surface area (Å²) in [6.45, 7) is 5.02. The molecule has 2 atom stereocenters. The van der Waals surface area contributed by atoms with Gasteiger partial charge in [0.05, 0.1) is 5.92 Å². The highest BCUT2D eigenvalue weighted by molar-refractivity contribution is 6.04. The molecular weight excluding hydrogens is 514 g/mol. The highest BCUT2D eigenvalue weighted by Crippen LogP contribution is 2.23. The third-order valence-corrected chi connectivity index (χ3v) is 7.76. The van der Waals surface area contributed by atoms with E-state index in [0.29, 0.717) is 30.7 Å². The lowest BCUT2D eigenvalue weighted by atomic mass is 9.83. The van der Waals surface area contributed by atoms with Crippen molar-refractivity contribution in [3.63, 3.8) is 0 Å². The number of ether oxygens (including phenoxy) is 1. The normalized spacial score (nSPS) is 14.9. The molecule has 0 bridgehead atoms. The molecule has 0 saturated carbocycles. The van der Waals surface area contributed by atoms with E-state index in [-0.39, 0.29) is 36.8 Å². The molecular formula is C35H43NO5. The van der Waals surface area contributed by atoms with Crippen LogP contribution in [0.3, 0.4) is 0 Å². The second-order valence-electron chi connectivity index (χ2n) is 11.1. The summed E-state index contributed by atoms with van der Waals surface area (Å²) >= 11 is 0. The summed E-state index contributed by atoms with van der Waals surface area (Å²) < 4.78 is 5.42. The first-order chi connectivity index (χ1) is 19.8. The molecule has 6 nitrogen and oxygen atoms in total. The van der Waals surface area contributed by atoms with Crippen LogP contribution in [0.5, 0.6) is 0 Å². The van der Waals surface area contributed by atoms with Gasteiger partial charge in [-0.15, -0.1) is 0 Å². The predicted octanol–water partition coefficient (Wildman–Crippen LogP) is 6.00. The molecule has 6 heteroatoms. The monoisotopic (exact) mass is 557 g/mol. The lowest BCUT2D eigenvalue weighted by Crippen LogP contribution is -2.29. The Kier molecular flexibility index (Phi) is 13.1. The van der Waals surface area contributed by atoms with Crippen molar-refractivity contribution in [3.05, 3.63) is 70.8 Å². The molecule has 0 spiro atoms. The van der Waals surface area contributed by atoms with Crippen LogP contribution in [-0.2, 0) is 20.7 Å². The fraction of sp³-hybridized carbons (Fsp3) is 0.486. The maximum atomic E-state index is 13.0. The van der Waals surface area contributed by atoms with Crippen LogP contribution in [0.25, 0.3) is 0 Å². The highest BCUT2D eigenvalue weighted by atomic mass is 16.5. The Bertz CT molecular complexity index is 1210. The average Bonchev–Trinajstić information content (AvgIpc) is 2.99. The van der Waals surface area contributed by atoms with E-state index in [4.69, 9.17) is 15.3 Å². The number of ketones is 3. The molecule has 1 fully saturated rings. The van der Waals surface area contributed by atoms with E-state index in [2.05, 4.69) is 11.8 Å². The molecule has 3 rings (SSSR count). The smallest absolute Gasteiger partial charge is 0.165 e. The summed E-state index contributed by atoms with van der Waals surface area (Å²) in [5, 5.41) is 17.5. The molecule has 41 heavy (non-hydrogen) atoms. The number of nitrogens with one attached hydrogen (secondary N) is 1. The molecule has 0 radical (unpaired) electrons. The summed E-state index contributed by atoms with van der Waals surface area (Å²) in [6.07, 6.45) is 5.79. The second kappa shape index (κ2) is 16.8. The quantitative estimate of drug-likeness (QED) is 0.121. The molecule has 0 amide bonds. The Hall–Kier alpha value is -3.40. The van der Waals surface area contributed by atoms with Gasteiger partial charge in [-0.2, -0.15) is 0 Å².